The number of rotatable bonds is 4. The molecular weight excluding hydrogens is 260 g/mol. The van der Waals surface area contributed by atoms with Crippen LogP contribution in [0.25, 0.3) is 6.08 Å². The van der Waals surface area contributed by atoms with Gasteiger partial charge in [0.2, 0.25) is 0 Å². The maximum Gasteiger partial charge on any atom is 0.331 e. The van der Waals surface area contributed by atoms with Crippen LogP contribution in [-0.2, 0) is 9.59 Å². The fraction of sp³-hybridized carbons (Fsp3) is 0.0714. The Balaban J connectivity index is 2.20. The zero-order chi connectivity index (χ0) is 14.5. The van der Waals surface area contributed by atoms with Crippen molar-refractivity contribution in [2.75, 3.05) is 6.54 Å². The summed E-state index contributed by atoms with van der Waals surface area (Å²) in [4.78, 5) is 36.0. The molecule has 1 aromatic rings. The predicted molar refractivity (Wildman–Crippen MR) is 71.3 cm³/mol. The smallest absolute Gasteiger partial charge is 0.331 e. The number of barbiturate groups is 1. The molecule has 0 atom stereocenters. The molecule has 2 rings (SSSR count). The average molecular weight is 272 g/mol. The molecule has 20 heavy (non-hydrogen) atoms. The predicted octanol–water partition coefficient (Wildman–Crippen LogP) is 1.48. The van der Waals surface area contributed by atoms with Gasteiger partial charge in [-0.3, -0.25) is 19.8 Å². The van der Waals surface area contributed by atoms with Crippen molar-refractivity contribution in [1.29, 1.82) is 0 Å². The average Bonchev–Trinajstić information content (AvgIpc) is 2.91. The normalized spacial score (nSPS) is 17.9. The SMILES string of the molecule is C=CCN1C(=O)NC(=O)C(=CC=Cc2ccco2)C1=O. The number of furan rings is 1. The molecule has 0 bridgehead atoms. The van der Waals surface area contributed by atoms with E-state index in [1.165, 1.54) is 24.5 Å². The Morgan fingerprint density at radius 3 is 2.80 bits per heavy atom. The van der Waals surface area contributed by atoms with Crippen LogP contribution in [0, 0.1) is 0 Å². The first-order valence-corrected chi connectivity index (χ1v) is 5.83. The summed E-state index contributed by atoms with van der Waals surface area (Å²) in [5.74, 6) is -0.781. The van der Waals surface area contributed by atoms with Gasteiger partial charge in [-0.05, 0) is 24.3 Å². The van der Waals surface area contributed by atoms with Crippen LogP contribution in [-0.4, -0.2) is 29.3 Å². The number of allylic oxidation sites excluding steroid dienone is 2. The van der Waals surface area contributed by atoms with Gasteiger partial charge in [0.1, 0.15) is 11.3 Å². The van der Waals surface area contributed by atoms with Crippen molar-refractivity contribution in [3.05, 3.63) is 54.5 Å². The lowest BCUT2D eigenvalue weighted by Crippen LogP contribution is -2.54. The third-order valence-electron chi connectivity index (χ3n) is 2.56. The lowest BCUT2D eigenvalue weighted by atomic mass is 10.1. The molecule has 0 spiro atoms. The molecule has 1 aromatic heterocycles. The van der Waals surface area contributed by atoms with Crippen LogP contribution in [0.1, 0.15) is 5.76 Å². The Morgan fingerprint density at radius 1 is 1.35 bits per heavy atom. The summed E-state index contributed by atoms with van der Waals surface area (Å²) in [6.45, 7) is 3.50. The summed E-state index contributed by atoms with van der Waals surface area (Å²) >= 11 is 0. The molecule has 0 radical (unpaired) electrons. The summed E-state index contributed by atoms with van der Waals surface area (Å²) in [6, 6.07) is 2.70. The van der Waals surface area contributed by atoms with Gasteiger partial charge in [0.25, 0.3) is 11.8 Å². The maximum atomic E-state index is 12.0. The Kier molecular flexibility index (Phi) is 3.95. The van der Waals surface area contributed by atoms with E-state index in [0.29, 0.717) is 5.76 Å². The number of carbonyl (C=O) groups excluding carboxylic acids is 3. The number of hydrogen-bond acceptors (Lipinski definition) is 4. The number of nitrogens with one attached hydrogen (secondary N) is 1. The number of amides is 4. The molecule has 0 unspecified atom stereocenters. The molecular formula is C14H12N2O4. The van der Waals surface area contributed by atoms with Crippen LogP contribution in [0.3, 0.4) is 0 Å². The fourth-order valence-electron chi connectivity index (χ4n) is 1.63. The summed E-state index contributed by atoms with van der Waals surface area (Å²) < 4.78 is 5.07. The highest BCUT2D eigenvalue weighted by atomic mass is 16.3. The van der Waals surface area contributed by atoms with Crippen molar-refractivity contribution in [3.63, 3.8) is 0 Å². The first-order chi connectivity index (χ1) is 9.63. The topological polar surface area (TPSA) is 79.6 Å². The van der Waals surface area contributed by atoms with Gasteiger partial charge >= 0.3 is 6.03 Å². The molecule has 1 saturated heterocycles. The number of urea groups is 1. The Hall–Kier alpha value is -2.89. The van der Waals surface area contributed by atoms with Gasteiger partial charge in [0.05, 0.1) is 6.26 Å². The minimum Gasteiger partial charge on any atom is -0.465 e. The zero-order valence-electron chi connectivity index (χ0n) is 10.5. The second-order valence-electron chi connectivity index (χ2n) is 3.92. The van der Waals surface area contributed by atoms with Crippen molar-refractivity contribution in [1.82, 2.24) is 10.2 Å². The highest BCUT2D eigenvalue weighted by molar-refractivity contribution is 6.29. The van der Waals surface area contributed by atoms with Crippen molar-refractivity contribution in [3.8, 4) is 0 Å². The molecule has 1 N–H and O–H groups in total. The van der Waals surface area contributed by atoms with Crippen molar-refractivity contribution in [2.24, 2.45) is 0 Å². The molecule has 4 amide bonds. The number of imide groups is 2. The number of nitrogens with zero attached hydrogens (tertiary/aromatic N) is 1. The molecule has 0 aromatic carbocycles. The Morgan fingerprint density at radius 2 is 2.15 bits per heavy atom. The van der Waals surface area contributed by atoms with E-state index in [1.807, 2.05) is 0 Å². The molecule has 102 valence electrons. The van der Waals surface area contributed by atoms with E-state index >= 15 is 0 Å². The first-order valence-electron chi connectivity index (χ1n) is 5.83. The molecule has 1 aliphatic rings. The highest BCUT2D eigenvalue weighted by Crippen LogP contribution is 2.11. The van der Waals surface area contributed by atoms with Gasteiger partial charge < -0.3 is 4.42 Å². The highest BCUT2D eigenvalue weighted by Gasteiger charge is 2.34. The second-order valence-corrected chi connectivity index (χ2v) is 3.92. The van der Waals surface area contributed by atoms with Gasteiger partial charge in [-0.25, -0.2) is 4.79 Å². The summed E-state index contributed by atoms with van der Waals surface area (Å²) in [5, 5.41) is 2.09. The molecule has 6 nitrogen and oxygen atoms in total. The summed E-state index contributed by atoms with van der Waals surface area (Å²) in [5.41, 5.74) is -0.116. The molecule has 6 heteroatoms. The van der Waals surface area contributed by atoms with Crippen LogP contribution in [0.15, 0.2) is 53.2 Å². The Bertz CT molecular complexity index is 611. The zero-order valence-corrected chi connectivity index (χ0v) is 10.5. The first kappa shape index (κ1) is 13.5. The van der Waals surface area contributed by atoms with Gasteiger partial charge in [-0.15, -0.1) is 6.58 Å². The van der Waals surface area contributed by atoms with Crippen LogP contribution in [0.4, 0.5) is 4.79 Å². The van der Waals surface area contributed by atoms with Gasteiger partial charge in [0, 0.05) is 6.54 Å². The van der Waals surface area contributed by atoms with Crippen molar-refractivity contribution >= 4 is 23.9 Å². The van der Waals surface area contributed by atoms with E-state index in [1.54, 1.807) is 18.2 Å². The van der Waals surface area contributed by atoms with E-state index in [4.69, 9.17) is 4.42 Å². The minimum atomic E-state index is -0.743. The largest absolute Gasteiger partial charge is 0.465 e. The maximum absolute atomic E-state index is 12.0. The lowest BCUT2D eigenvalue weighted by Gasteiger charge is -2.24. The van der Waals surface area contributed by atoms with Crippen LogP contribution >= 0.6 is 0 Å². The molecule has 1 aliphatic heterocycles. The standard InChI is InChI=1S/C14H12N2O4/c1-2-8-16-13(18)11(12(17)15-14(16)19)7-3-5-10-6-4-9-20-10/h2-7,9H,1,8H2,(H,15,17,19). The third-order valence-corrected chi connectivity index (χ3v) is 2.56. The van der Waals surface area contributed by atoms with E-state index in [9.17, 15) is 14.4 Å². The van der Waals surface area contributed by atoms with E-state index < -0.39 is 17.8 Å². The quantitative estimate of drug-likeness (QED) is 0.511. The summed E-state index contributed by atoms with van der Waals surface area (Å²) in [6.07, 6.45) is 7.36. The van der Waals surface area contributed by atoms with Crippen molar-refractivity contribution < 1.29 is 18.8 Å². The fourth-order valence-corrected chi connectivity index (χ4v) is 1.63. The van der Waals surface area contributed by atoms with Crippen molar-refractivity contribution in [2.45, 2.75) is 0 Å². The Labute approximate surface area is 115 Å². The van der Waals surface area contributed by atoms with E-state index in [-0.39, 0.29) is 12.1 Å². The van der Waals surface area contributed by atoms with Crippen LogP contribution in [0.2, 0.25) is 0 Å². The van der Waals surface area contributed by atoms with E-state index in [2.05, 4.69) is 11.9 Å². The van der Waals surface area contributed by atoms with E-state index in [0.717, 1.165) is 4.90 Å². The molecule has 1 fully saturated rings. The number of carbonyl (C=O) groups is 3. The van der Waals surface area contributed by atoms with Crippen LogP contribution < -0.4 is 5.32 Å². The lowest BCUT2D eigenvalue weighted by molar-refractivity contribution is -0.129. The van der Waals surface area contributed by atoms with Gasteiger partial charge in [0.15, 0.2) is 0 Å². The third kappa shape index (κ3) is 2.74. The van der Waals surface area contributed by atoms with Gasteiger partial charge in [-0.1, -0.05) is 12.2 Å². The minimum absolute atomic E-state index is 0.0389. The monoisotopic (exact) mass is 272 g/mol. The number of hydrogen-bond donors (Lipinski definition) is 1. The molecule has 0 saturated carbocycles. The molecule has 2 heterocycles. The van der Waals surface area contributed by atoms with Crippen LogP contribution in [0.5, 0.6) is 0 Å². The second kappa shape index (κ2) is 5.83. The van der Waals surface area contributed by atoms with Gasteiger partial charge in [-0.2, -0.15) is 0 Å². The molecule has 0 aliphatic carbocycles. The summed E-state index contributed by atoms with van der Waals surface area (Å²) in [7, 11) is 0.